The molecule has 0 radical (unpaired) electrons. The summed E-state index contributed by atoms with van der Waals surface area (Å²) in [7, 11) is -2.15. The van der Waals surface area contributed by atoms with Crippen LogP contribution in [-0.2, 0) is 10.0 Å². The molecule has 3 rings (SSSR count). The van der Waals surface area contributed by atoms with Crippen LogP contribution in [0.4, 0.5) is 17.1 Å². The van der Waals surface area contributed by atoms with Gasteiger partial charge in [-0.3, -0.25) is 4.31 Å². The number of rotatable bonds is 5. The fourth-order valence-corrected chi connectivity index (χ4v) is 4.29. The summed E-state index contributed by atoms with van der Waals surface area (Å²) in [6.45, 7) is 4.01. The van der Waals surface area contributed by atoms with Gasteiger partial charge in [-0.2, -0.15) is 0 Å². The van der Waals surface area contributed by atoms with E-state index in [0.717, 1.165) is 16.8 Å². The topological polar surface area (TPSA) is 61.4 Å². The highest BCUT2D eigenvalue weighted by Crippen LogP contribution is 2.24. The van der Waals surface area contributed by atoms with E-state index in [1.54, 1.807) is 48.5 Å². The molecule has 150 valence electrons. The fraction of sp³-hybridized carbons (Fsp3) is 0.136. The highest BCUT2D eigenvalue weighted by atomic mass is 32.2. The Morgan fingerprint density at radius 2 is 1.62 bits per heavy atom. The van der Waals surface area contributed by atoms with Crippen LogP contribution in [0, 0.1) is 13.8 Å². The lowest BCUT2D eigenvalue weighted by Crippen LogP contribution is -2.26. The van der Waals surface area contributed by atoms with Crippen LogP contribution < -0.4 is 14.9 Å². The number of sulfonamides is 1. The van der Waals surface area contributed by atoms with Crippen LogP contribution in [0.2, 0.25) is 0 Å². The normalized spacial score (nSPS) is 11.0. The first-order valence-electron chi connectivity index (χ1n) is 9.07. The maximum absolute atomic E-state index is 13.0. The monoisotopic (exact) mass is 425 g/mol. The number of benzene rings is 3. The average Bonchev–Trinajstić information content (AvgIpc) is 2.71. The van der Waals surface area contributed by atoms with Gasteiger partial charge < -0.3 is 10.6 Å². The predicted molar refractivity (Wildman–Crippen MR) is 124 cm³/mol. The van der Waals surface area contributed by atoms with Crippen molar-refractivity contribution in [2.45, 2.75) is 18.7 Å². The van der Waals surface area contributed by atoms with Crippen molar-refractivity contribution in [2.75, 3.05) is 22.0 Å². The van der Waals surface area contributed by atoms with Crippen molar-refractivity contribution in [2.24, 2.45) is 0 Å². The Balaban J connectivity index is 1.78. The van der Waals surface area contributed by atoms with Gasteiger partial charge in [-0.15, -0.1) is 0 Å². The van der Waals surface area contributed by atoms with Gasteiger partial charge in [0.2, 0.25) is 0 Å². The number of hydrogen-bond acceptors (Lipinski definition) is 3. The van der Waals surface area contributed by atoms with Crippen LogP contribution in [0.25, 0.3) is 0 Å². The van der Waals surface area contributed by atoms with E-state index in [1.165, 1.54) is 11.4 Å². The molecule has 3 aromatic carbocycles. The second kappa shape index (κ2) is 8.63. The zero-order valence-electron chi connectivity index (χ0n) is 16.5. The van der Waals surface area contributed by atoms with Crippen LogP contribution in [0.15, 0.2) is 77.7 Å². The second-order valence-electron chi connectivity index (χ2n) is 6.73. The third-order valence-corrected chi connectivity index (χ3v) is 6.50. The van der Waals surface area contributed by atoms with Gasteiger partial charge >= 0.3 is 0 Å². The van der Waals surface area contributed by atoms with Gasteiger partial charge in [-0.25, -0.2) is 8.42 Å². The number of nitrogens with one attached hydrogen (secondary N) is 2. The van der Waals surface area contributed by atoms with Gasteiger partial charge in [-0.1, -0.05) is 36.4 Å². The molecule has 0 heterocycles. The lowest BCUT2D eigenvalue weighted by Gasteiger charge is -2.20. The Labute approximate surface area is 177 Å². The molecule has 0 aliphatic heterocycles. The average molecular weight is 426 g/mol. The summed E-state index contributed by atoms with van der Waals surface area (Å²) in [6, 6.07) is 21.6. The highest BCUT2D eigenvalue weighted by Gasteiger charge is 2.21. The first-order chi connectivity index (χ1) is 13.8. The second-order valence-corrected chi connectivity index (χ2v) is 9.11. The number of thiocarbonyl (C=S) groups is 1. The molecule has 0 bridgehead atoms. The third kappa shape index (κ3) is 4.93. The molecule has 0 aromatic heterocycles. The maximum Gasteiger partial charge on any atom is 0.264 e. The van der Waals surface area contributed by atoms with Crippen LogP contribution in [0.5, 0.6) is 0 Å². The van der Waals surface area contributed by atoms with Crippen molar-refractivity contribution < 1.29 is 8.42 Å². The Hall–Kier alpha value is -2.90. The molecule has 0 fully saturated rings. The standard InChI is InChI=1S/C22H23N3O2S2/c1-16-12-13-17(2)21(14-16)24-22(28)23-18-8-7-11-20(15-18)29(26,27)25(3)19-9-5-4-6-10-19/h4-15H,1-3H3,(H2,23,24,28). The summed E-state index contributed by atoms with van der Waals surface area (Å²) in [5.74, 6) is 0. The van der Waals surface area contributed by atoms with E-state index < -0.39 is 10.0 Å². The Bertz CT molecular complexity index is 1130. The largest absolute Gasteiger partial charge is 0.332 e. The summed E-state index contributed by atoms with van der Waals surface area (Å²) in [5.41, 5.74) is 4.29. The maximum atomic E-state index is 13.0. The number of hydrogen-bond donors (Lipinski definition) is 2. The zero-order valence-corrected chi connectivity index (χ0v) is 18.1. The van der Waals surface area contributed by atoms with Gasteiger partial charge in [0.15, 0.2) is 5.11 Å². The van der Waals surface area contributed by atoms with Gasteiger partial charge in [0.1, 0.15) is 0 Å². The molecule has 0 saturated carbocycles. The minimum absolute atomic E-state index is 0.184. The van der Waals surface area contributed by atoms with E-state index in [1.807, 2.05) is 38.1 Å². The van der Waals surface area contributed by atoms with Crippen molar-refractivity contribution >= 4 is 44.4 Å². The SMILES string of the molecule is Cc1ccc(C)c(NC(=S)Nc2cccc(S(=O)(=O)N(C)c3ccccc3)c2)c1. The Kier molecular flexibility index (Phi) is 6.20. The number of nitrogens with zero attached hydrogens (tertiary/aromatic N) is 1. The molecule has 2 N–H and O–H groups in total. The van der Waals surface area contributed by atoms with Crippen molar-refractivity contribution in [3.8, 4) is 0 Å². The third-order valence-electron chi connectivity index (χ3n) is 4.51. The van der Waals surface area contributed by atoms with E-state index >= 15 is 0 Å². The smallest absolute Gasteiger partial charge is 0.264 e. The molecule has 0 atom stereocenters. The Morgan fingerprint density at radius 3 is 2.34 bits per heavy atom. The number of anilines is 3. The van der Waals surface area contributed by atoms with E-state index in [4.69, 9.17) is 12.2 Å². The molecule has 0 aliphatic rings. The molecule has 7 heteroatoms. The zero-order chi connectivity index (χ0) is 21.0. The van der Waals surface area contributed by atoms with E-state index in [9.17, 15) is 8.42 Å². The minimum atomic E-state index is -3.69. The van der Waals surface area contributed by atoms with Crippen LogP contribution in [-0.4, -0.2) is 20.6 Å². The molecule has 0 unspecified atom stereocenters. The van der Waals surface area contributed by atoms with Crippen LogP contribution >= 0.6 is 12.2 Å². The fourth-order valence-electron chi connectivity index (χ4n) is 2.82. The first-order valence-corrected chi connectivity index (χ1v) is 10.9. The molecular weight excluding hydrogens is 402 g/mol. The summed E-state index contributed by atoms with van der Waals surface area (Å²) in [6.07, 6.45) is 0. The number of para-hydroxylation sites is 1. The van der Waals surface area contributed by atoms with Gasteiger partial charge in [0, 0.05) is 18.4 Å². The predicted octanol–water partition coefficient (Wildman–Crippen LogP) is 4.94. The van der Waals surface area contributed by atoms with Crippen molar-refractivity contribution in [3.05, 3.63) is 83.9 Å². The quantitative estimate of drug-likeness (QED) is 0.567. The van der Waals surface area contributed by atoms with E-state index in [-0.39, 0.29) is 4.90 Å². The molecule has 5 nitrogen and oxygen atoms in total. The first kappa shape index (κ1) is 20.8. The van der Waals surface area contributed by atoms with Gasteiger partial charge in [0.05, 0.1) is 10.6 Å². The highest BCUT2D eigenvalue weighted by molar-refractivity contribution is 7.92. The summed E-state index contributed by atoms with van der Waals surface area (Å²) < 4.78 is 27.2. The van der Waals surface area contributed by atoms with Crippen molar-refractivity contribution in [3.63, 3.8) is 0 Å². The van der Waals surface area contributed by atoms with Crippen molar-refractivity contribution in [1.82, 2.24) is 0 Å². The van der Waals surface area contributed by atoms with Crippen LogP contribution in [0.3, 0.4) is 0 Å². The minimum Gasteiger partial charge on any atom is -0.332 e. The van der Waals surface area contributed by atoms with E-state index in [2.05, 4.69) is 10.6 Å². The van der Waals surface area contributed by atoms with E-state index in [0.29, 0.717) is 16.5 Å². The van der Waals surface area contributed by atoms with Gasteiger partial charge in [0.25, 0.3) is 10.0 Å². The Morgan fingerprint density at radius 1 is 0.897 bits per heavy atom. The summed E-state index contributed by atoms with van der Waals surface area (Å²) in [4.78, 5) is 0.184. The summed E-state index contributed by atoms with van der Waals surface area (Å²) in [5, 5.41) is 6.63. The molecule has 3 aromatic rings. The molecule has 0 amide bonds. The van der Waals surface area contributed by atoms with Crippen molar-refractivity contribution in [1.29, 1.82) is 0 Å². The lowest BCUT2D eigenvalue weighted by atomic mass is 10.1. The van der Waals surface area contributed by atoms with Gasteiger partial charge in [-0.05, 0) is 73.6 Å². The lowest BCUT2D eigenvalue weighted by molar-refractivity contribution is 0.594. The molecule has 0 aliphatic carbocycles. The summed E-state index contributed by atoms with van der Waals surface area (Å²) >= 11 is 5.40. The van der Waals surface area contributed by atoms with Crippen LogP contribution in [0.1, 0.15) is 11.1 Å². The molecule has 29 heavy (non-hydrogen) atoms. The molecule has 0 saturated heterocycles. The number of aryl methyl sites for hydroxylation is 2. The molecule has 0 spiro atoms. The molecular formula is C22H23N3O2S2.